The molecule has 0 saturated carbocycles. The Hall–Kier alpha value is -3.52. The molecule has 218 valence electrons. The molecule has 0 radical (unpaired) electrons. The lowest BCUT2D eigenvalue weighted by molar-refractivity contribution is -0.137. The lowest BCUT2D eigenvalue weighted by Crippen LogP contribution is -2.62. The number of nitrogens with two attached hydrogens (primary N) is 1. The molecule has 5 atom stereocenters. The van der Waals surface area contributed by atoms with Gasteiger partial charge in [-0.2, -0.15) is 18.2 Å². The van der Waals surface area contributed by atoms with Gasteiger partial charge in [0.25, 0.3) is 0 Å². The summed E-state index contributed by atoms with van der Waals surface area (Å²) in [6.45, 7) is 3.72. The highest BCUT2D eigenvalue weighted by Crippen LogP contribution is 2.47. The van der Waals surface area contributed by atoms with Crippen molar-refractivity contribution in [1.29, 1.82) is 0 Å². The highest BCUT2D eigenvalue weighted by atomic mass is 19.4. The minimum atomic E-state index is -5.03. The van der Waals surface area contributed by atoms with E-state index in [-0.39, 0.29) is 53.5 Å². The van der Waals surface area contributed by atoms with Gasteiger partial charge in [0.15, 0.2) is 5.82 Å². The van der Waals surface area contributed by atoms with E-state index in [9.17, 15) is 22.7 Å². The number of anilines is 3. The lowest BCUT2D eigenvalue weighted by Gasteiger charge is -2.43. The molecule has 41 heavy (non-hydrogen) atoms. The first-order chi connectivity index (χ1) is 19.5. The Morgan fingerprint density at radius 3 is 2.59 bits per heavy atom. The molecule has 6 heterocycles. The van der Waals surface area contributed by atoms with E-state index in [1.807, 2.05) is 6.92 Å². The zero-order valence-corrected chi connectivity index (χ0v) is 22.3. The third-order valence-electron chi connectivity index (χ3n) is 8.91. The van der Waals surface area contributed by atoms with Crippen molar-refractivity contribution >= 4 is 28.4 Å². The molecule has 7 rings (SSSR count). The Bertz CT molecular complexity index is 1580. The number of halogens is 5. The average molecular weight is 578 g/mol. The second-order valence-corrected chi connectivity index (χ2v) is 11.3. The fourth-order valence-corrected chi connectivity index (χ4v) is 6.87. The highest BCUT2D eigenvalue weighted by Gasteiger charge is 2.48. The summed E-state index contributed by atoms with van der Waals surface area (Å²) in [5.74, 6) is -1.92. The summed E-state index contributed by atoms with van der Waals surface area (Å²) in [4.78, 5) is 17.4. The quantitative estimate of drug-likeness (QED) is 0.318. The summed E-state index contributed by atoms with van der Waals surface area (Å²) in [7, 11) is 0. The van der Waals surface area contributed by atoms with Crippen LogP contribution in [0.5, 0.6) is 5.88 Å². The molecular formula is C27H28F5N7O2. The smallest absolute Gasteiger partial charge is 0.417 e. The summed E-state index contributed by atoms with van der Waals surface area (Å²) in [6.07, 6.45) is -2.99. The van der Waals surface area contributed by atoms with Gasteiger partial charge >= 0.3 is 6.18 Å². The molecule has 0 aliphatic carbocycles. The molecule has 1 aromatic carbocycles. The number of hydrogen-bond donors (Lipinski definition) is 3. The van der Waals surface area contributed by atoms with Gasteiger partial charge in [-0.15, -0.1) is 0 Å². The van der Waals surface area contributed by atoms with E-state index in [1.165, 1.54) is 0 Å². The molecular weight excluding hydrogens is 549 g/mol. The number of nitrogens with one attached hydrogen (secondary N) is 1. The zero-order chi connectivity index (χ0) is 29.0. The Kier molecular flexibility index (Phi) is 5.78. The molecule has 14 heteroatoms. The van der Waals surface area contributed by atoms with Gasteiger partial charge in [-0.1, -0.05) is 0 Å². The second-order valence-electron chi connectivity index (χ2n) is 11.3. The molecule has 2 bridgehead atoms. The number of ether oxygens (including phenoxy) is 1. The van der Waals surface area contributed by atoms with Crippen LogP contribution in [0.4, 0.5) is 39.4 Å². The molecule has 0 spiro atoms. The summed E-state index contributed by atoms with van der Waals surface area (Å²) in [5, 5.41) is 13.6. The van der Waals surface area contributed by atoms with Crippen LogP contribution >= 0.6 is 0 Å². The van der Waals surface area contributed by atoms with Crippen LogP contribution in [0.25, 0.3) is 22.2 Å². The van der Waals surface area contributed by atoms with E-state index in [0.29, 0.717) is 25.3 Å². The van der Waals surface area contributed by atoms with Gasteiger partial charge in [-0.25, -0.2) is 18.7 Å². The number of aliphatic hydroxyl groups excluding tert-OH is 1. The van der Waals surface area contributed by atoms with E-state index in [4.69, 9.17) is 15.5 Å². The highest BCUT2D eigenvalue weighted by molar-refractivity contribution is 5.98. The van der Waals surface area contributed by atoms with Crippen LogP contribution in [-0.4, -0.2) is 70.0 Å². The van der Waals surface area contributed by atoms with Crippen molar-refractivity contribution in [3.05, 3.63) is 28.8 Å². The van der Waals surface area contributed by atoms with Gasteiger partial charge in [-0.05, 0) is 44.7 Å². The second kappa shape index (κ2) is 8.99. The predicted molar refractivity (Wildman–Crippen MR) is 141 cm³/mol. The summed E-state index contributed by atoms with van der Waals surface area (Å²) < 4.78 is 80.2. The minimum Gasteiger partial charge on any atom is -0.472 e. The van der Waals surface area contributed by atoms with Gasteiger partial charge in [0.2, 0.25) is 11.8 Å². The maximum atomic E-state index is 16.6. The van der Waals surface area contributed by atoms with Gasteiger partial charge in [-0.3, -0.25) is 0 Å². The van der Waals surface area contributed by atoms with E-state index in [2.05, 4.69) is 20.2 Å². The van der Waals surface area contributed by atoms with Crippen molar-refractivity contribution < 1.29 is 31.8 Å². The van der Waals surface area contributed by atoms with Crippen LogP contribution in [0.3, 0.4) is 0 Å². The number of hydrogen-bond acceptors (Lipinski definition) is 9. The van der Waals surface area contributed by atoms with Crippen LogP contribution in [-0.2, 0) is 6.18 Å². The number of nitrogen functional groups attached to an aromatic ring is 1. The minimum absolute atomic E-state index is 0.0569. The number of aromatic nitrogens is 3. The summed E-state index contributed by atoms with van der Waals surface area (Å²) >= 11 is 0. The Morgan fingerprint density at radius 1 is 1.12 bits per heavy atom. The first kappa shape index (κ1) is 26.4. The maximum Gasteiger partial charge on any atom is 0.417 e. The monoisotopic (exact) mass is 577 g/mol. The standard InChI is InChI=1S/C27H28F5N7O2/c1-10-18(27(30,31)32)14(7-15(33)19(10)28)21-20(29)22-17-24(37-26(36-22)38-6-5-13(38)9-40)39-8-12-3-4-16(34-12)23(39)11(2)41-25(17)35-21/h7,11-13,16,23,34,40H,3-6,8-9,33H2,1-2H3/t11-,12+,13?,16-,23+/m0/s1. The van der Waals surface area contributed by atoms with Crippen molar-refractivity contribution in [1.82, 2.24) is 20.3 Å². The van der Waals surface area contributed by atoms with Gasteiger partial charge < -0.3 is 30.7 Å². The number of rotatable bonds is 3. The molecule has 3 saturated heterocycles. The van der Waals surface area contributed by atoms with Crippen molar-refractivity contribution in [3.8, 4) is 17.1 Å². The number of fused-ring (bicyclic) bond motifs is 5. The average Bonchev–Trinajstić information content (AvgIpc) is 3.21. The number of nitrogens with zero attached hydrogens (tertiary/aromatic N) is 5. The fraction of sp³-hybridized carbons (Fsp3) is 0.519. The fourth-order valence-electron chi connectivity index (χ4n) is 6.87. The van der Waals surface area contributed by atoms with Gasteiger partial charge in [0.1, 0.15) is 34.3 Å². The third kappa shape index (κ3) is 3.83. The molecule has 4 aliphatic heterocycles. The molecule has 2 aromatic heterocycles. The first-order valence-corrected chi connectivity index (χ1v) is 13.6. The number of piperazine rings is 1. The van der Waals surface area contributed by atoms with Crippen LogP contribution in [0.15, 0.2) is 6.07 Å². The van der Waals surface area contributed by atoms with Crippen molar-refractivity contribution in [2.45, 2.75) is 69.6 Å². The van der Waals surface area contributed by atoms with Gasteiger partial charge in [0.05, 0.1) is 29.9 Å². The number of benzene rings is 1. The maximum absolute atomic E-state index is 16.6. The summed E-state index contributed by atoms with van der Waals surface area (Å²) in [6, 6.07) is 0.517. The van der Waals surface area contributed by atoms with Crippen molar-refractivity contribution in [3.63, 3.8) is 0 Å². The molecule has 4 aliphatic rings. The molecule has 3 fully saturated rings. The van der Waals surface area contributed by atoms with E-state index < -0.39 is 52.0 Å². The number of alkyl halides is 3. The van der Waals surface area contributed by atoms with Crippen molar-refractivity contribution in [2.75, 3.05) is 35.2 Å². The van der Waals surface area contributed by atoms with E-state index in [0.717, 1.165) is 25.8 Å². The van der Waals surface area contributed by atoms with E-state index >= 15 is 4.39 Å². The molecule has 9 nitrogen and oxygen atoms in total. The number of aliphatic hydroxyl groups is 1. The van der Waals surface area contributed by atoms with Crippen LogP contribution in [0.1, 0.15) is 37.3 Å². The largest absolute Gasteiger partial charge is 0.472 e. The Morgan fingerprint density at radius 2 is 1.90 bits per heavy atom. The third-order valence-corrected chi connectivity index (χ3v) is 8.91. The van der Waals surface area contributed by atoms with Crippen molar-refractivity contribution in [2.24, 2.45) is 0 Å². The Labute approximate surface area is 231 Å². The molecule has 0 amide bonds. The van der Waals surface area contributed by atoms with Crippen LogP contribution < -0.4 is 25.6 Å². The Balaban J connectivity index is 1.53. The molecule has 1 unspecified atom stereocenters. The topological polar surface area (TPSA) is 113 Å². The molecule has 4 N–H and O–H groups in total. The predicted octanol–water partition coefficient (Wildman–Crippen LogP) is 3.54. The van der Waals surface area contributed by atoms with Crippen LogP contribution in [0.2, 0.25) is 0 Å². The van der Waals surface area contributed by atoms with Crippen LogP contribution in [0, 0.1) is 18.6 Å². The van der Waals surface area contributed by atoms with E-state index in [1.54, 1.807) is 4.90 Å². The first-order valence-electron chi connectivity index (χ1n) is 13.6. The number of pyridine rings is 1. The summed E-state index contributed by atoms with van der Waals surface area (Å²) in [5.41, 5.74) is 1.36. The normalized spacial score (nSPS) is 27.0. The molecule has 3 aromatic rings. The zero-order valence-electron chi connectivity index (χ0n) is 22.3. The SMILES string of the molecule is Cc1c(F)c(N)cc(-c2nc3c4c(nc(N5CCC5CO)nc4c2F)N2C[C@H]4CC[C@H](N4)[C@H]2[C@H](C)O3)c1C(F)(F)F. The lowest BCUT2D eigenvalue weighted by atomic mass is 9.96. The van der Waals surface area contributed by atoms with Gasteiger partial charge in [0, 0.05) is 30.7 Å².